The number of rotatable bonds is 6. The summed E-state index contributed by atoms with van der Waals surface area (Å²) in [5.74, 6) is 1.61. The van der Waals surface area contributed by atoms with E-state index in [1.807, 2.05) is 25.1 Å². The number of aromatic nitrogens is 1. The van der Waals surface area contributed by atoms with Crippen molar-refractivity contribution in [1.29, 1.82) is 5.26 Å². The Labute approximate surface area is 184 Å². The Kier molecular flexibility index (Phi) is 4.85. The van der Waals surface area contributed by atoms with Gasteiger partial charge in [0.15, 0.2) is 11.5 Å². The monoisotopic (exact) mass is 421 g/mol. The van der Waals surface area contributed by atoms with Gasteiger partial charge >= 0.3 is 0 Å². The number of hydrogen-bond donors (Lipinski definition) is 0. The minimum absolute atomic E-state index is 0.199. The van der Waals surface area contributed by atoms with Crippen LogP contribution >= 0.6 is 0 Å². The number of furan rings is 3. The molecule has 0 unspecified atom stereocenters. The zero-order valence-electron chi connectivity index (χ0n) is 17.4. The third kappa shape index (κ3) is 3.08. The summed E-state index contributed by atoms with van der Waals surface area (Å²) in [4.78, 5) is 4.60. The van der Waals surface area contributed by atoms with Gasteiger partial charge in [-0.15, -0.1) is 6.58 Å². The second-order valence-corrected chi connectivity index (χ2v) is 7.23. The lowest BCUT2D eigenvalue weighted by Gasteiger charge is -2.03. The Bertz CT molecular complexity index is 1470. The van der Waals surface area contributed by atoms with Crippen molar-refractivity contribution >= 4 is 23.0 Å². The molecule has 0 amide bonds. The van der Waals surface area contributed by atoms with Crippen molar-refractivity contribution in [3.8, 4) is 28.9 Å². The predicted molar refractivity (Wildman–Crippen MR) is 123 cm³/mol. The SMILES string of the molecule is C=CCn1c(C)c(C=Nc2oc(-c3ccco3)c(-c3ccco3)c2C#N)c2ccccc21. The summed E-state index contributed by atoms with van der Waals surface area (Å²) in [5.41, 5.74) is 3.92. The van der Waals surface area contributed by atoms with Crippen LogP contribution in [0.1, 0.15) is 16.8 Å². The molecule has 4 heterocycles. The second-order valence-electron chi connectivity index (χ2n) is 7.23. The summed E-state index contributed by atoms with van der Waals surface area (Å²) in [6.45, 7) is 6.60. The van der Waals surface area contributed by atoms with Crippen LogP contribution in [-0.2, 0) is 6.54 Å². The molecular weight excluding hydrogens is 402 g/mol. The summed E-state index contributed by atoms with van der Waals surface area (Å²) in [5, 5.41) is 11.0. The van der Waals surface area contributed by atoms with Gasteiger partial charge in [0.1, 0.15) is 17.4 Å². The van der Waals surface area contributed by atoms with Gasteiger partial charge in [0, 0.05) is 34.9 Å². The Hall–Kier alpha value is -4.50. The van der Waals surface area contributed by atoms with Gasteiger partial charge in [-0.2, -0.15) is 5.26 Å². The Morgan fingerprint density at radius 3 is 2.50 bits per heavy atom. The molecule has 0 aliphatic carbocycles. The molecule has 0 N–H and O–H groups in total. The summed E-state index contributed by atoms with van der Waals surface area (Å²) in [6.07, 6.45) is 6.72. The topological polar surface area (TPSA) is 80.5 Å². The first-order chi connectivity index (χ1) is 15.7. The first kappa shape index (κ1) is 19.5. The van der Waals surface area contributed by atoms with Gasteiger partial charge in [-0.05, 0) is 37.3 Å². The van der Waals surface area contributed by atoms with Crippen LogP contribution in [0.3, 0.4) is 0 Å². The summed E-state index contributed by atoms with van der Waals surface area (Å²) in [7, 11) is 0. The van der Waals surface area contributed by atoms with Gasteiger partial charge in [0.2, 0.25) is 5.88 Å². The Morgan fingerprint density at radius 2 is 1.81 bits per heavy atom. The number of para-hydroxylation sites is 1. The molecule has 0 aliphatic rings. The largest absolute Gasteiger partial charge is 0.464 e. The summed E-state index contributed by atoms with van der Waals surface area (Å²) in [6, 6.07) is 17.4. The van der Waals surface area contributed by atoms with Crippen molar-refractivity contribution in [2.45, 2.75) is 13.5 Å². The minimum Gasteiger partial charge on any atom is -0.464 e. The van der Waals surface area contributed by atoms with E-state index in [4.69, 9.17) is 13.3 Å². The zero-order chi connectivity index (χ0) is 22.1. The molecule has 1 aromatic carbocycles. The molecule has 5 aromatic rings. The first-order valence-corrected chi connectivity index (χ1v) is 10.1. The molecule has 0 fully saturated rings. The van der Waals surface area contributed by atoms with E-state index in [0.29, 0.717) is 29.4 Å². The molecule has 0 saturated carbocycles. The fourth-order valence-corrected chi connectivity index (χ4v) is 3.96. The molecule has 156 valence electrons. The van der Waals surface area contributed by atoms with E-state index >= 15 is 0 Å². The molecular formula is C26H19N3O3. The third-order valence-corrected chi connectivity index (χ3v) is 5.42. The fraction of sp³-hybridized carbons (Fsp3) is 0.0769. The number of benzene rings is 1. The fourth-order valence-electron chi connectivity index (χ4n) is 3.96. The molecule has 4 aromatic heterocycles. The first-order valence-electron chi connectivity index (χ1n) is 10.1. The molecule has 6 nitrogen and oxygen atoms in total. The molecule has 0 radical (unpaired) electrons. The van der Waals surface area contributed by atoms with Crippen LogP contribution in [0.4, 0.5) is 5.88 Å². The van der Waals surface area contributed by atoms with E-state index < -0.39 is 0 Å². The normalized spacial score (nSPS) is 11.4. The van der Waals surface area contributed by atoms with Gasteiger partial charge in [-0.1, -0.05) is 24.3 Å². The lowest BCUT2D eigenvalue weighted by Crippen LogP contribution is -1.97. The van der Waals surface area contributed by atoms with Gasteiger partial charge in [-0.3, -0.25) is 0 Å². The van der Waals surface area contributed by atoms with Crippen LogP contribution in [0, 0.1) is 18.3 Å². The highest BCUT2D eigenvalue weighted by Crippen LogP contribution is 2.43. The lowest BCUT2D eigenvalue weighted by atomic mass is 10.1. The van der Waals surface area contributed by atoms with Crippen LogP contribution in [0.2, 0.25) is 0 Å². The van der Waals surface area contributed by atoms with Crippen molar-refractivity contribution in [3.05, 3.63) is 90.5 Å². The van der Waals surface area contributed by atoms with Crippen LogP contribution in [0.5, 0.6) is 0 Å². The molecule has 0 bridgehead atoms. The highest BCUT2D eigenvalue weighted by molar-refractivity contribution is 6.02. The van der Waals surface area contributed by atoms with Crippen molar-refractivity contribution in [2.24, 2.45) is 4.99 Å². The minimum atomic E-state index is 0.199. The molecule has 32 heavy (non-hydrogen) atoms. The van der Waals surface area contributed by atoms with Crippen molar-refractivity contribution in [2.75, 3.05) is 0 Å². The third-order valence-electron chi connectivity index (χ3n) is 5.42. The average Bonchev–Trinajstić information content (AvgIpc) is 3.60. The number of hydrogen-bond acceptors (Lipinski definition) is 5. The number of fused-ring (bicyclic) bond motifs is 1. The highest BCUT2D eigenvalue weighted by atomic mass is 16.4. The Morgan fingerprint density at radius 1 is 1.06 bits per heavy atom. The van der Waals surface area contributed by atoms with E-state index in [1.54, 1.807) is 43.0 Å². The number of aliphatic imine (C=N–C) groups is 1. The highest BCUT2D eigenvalue weighted by Gasteiger charge is 2.26. The standard InChI is InChI=1S/C26H19N3O3/c1-3-12-29-17(2)20(18-8-4-5-9-21(18)29)16-28-26-19(15-27)24(22-10-6-13-30-22)25(32-26)23-11-7-14-31-23/h3-11,13-14,16H,1,12H2,2H3. The van der Waals surface area contributed by atoms with Crippen LogP contribution in [-0.4, -0.2) is 10.8 Å². The second kappa shape index (κ2) is 7.97. The van der Waals surface area contributed by atoms with E-state index in [9.17, 15) is 5.26 Å². The Balaban J connectivity index is 1.68. The summed E-state index contributed by atoms with van der Waals surface area (Å²) < 4.78 is 19.3. The quantitative estimate of drug-likeness (QED) is 0.221. The van der Waals surface area contributed by atoms with Crippen LogP contribution < -0.4 is 0 Å². The van der Waals surface area contributed by atoms with Crippen molar-refractivity contribution < 1.29 is 13.3 Å². The maximum atomic E-state index is 9.94. The van der Waals surface area contributed by atoms with Crippen LogP contribution in [0.25, 0.3) is 33.7 Å². The van der Waals surface area contributed by atoms with E-state index in [-0.39, 0.29) is 11.4 Å². The van der Waals surface area contributed by atoms with E-state index in [1.165, 1.54) is 0 Å². The van der Waals surface area contributed by atoms with E-state index in [2.05, 4.69) is 34.3 Å². The van der Waals surface area contributed by atoms with Gasteiger partial charge in [-0.25, -0.2) is 4.99 Å². The van der Waals surface area contributed by atoms with Crippen molar-refractivity contribution in [3.63, 3.8) is 0 Å². The van der Waals surface area contributed by atoms with Gasteiger partial charge in [0.05, 0.1) is 18.1 Å². The maximum Gasteiger partial charge on any atom is 0.238 e. The van der Waals surface area contributed by atoms with Gasteiger partial charge in [0.25, 0.3) is 0 Å². The molecule has 5 rings (SSSR count). The van der Waals surface area contributed by atoms with Crippen LogP contribution in [0.15, 0.2) is 92.0 Å². The molecule has 6 heteroatoms. The van der Waals surface area contributed by atoms with Gasteiger partial charge < -0.3 is 17.8 Å². The van der Waals surface area contributed by atoms with Crippen molar-refractivity contribution in [1.82, 2.24) is 4.57 Å². The number of nitrogens with zero attached hydrogens (tertiary/aromatic N) is 3. The molecule has 0 atom stereocenters. The summed E-state index contributed by atoms with van der Waals surface area (Å²) >= 11 is 0. The maximum absolute atomic E-state index is 9.94. The zero-order valence-corrected chi connectivity index (χ0v) is 17.4. The predicted octanol–water partition coefficient (Wildman–Crippen LogP) is 6.87. The van der Waals surface area contributed by atoms with E-state index in [0.717, 1.165) is 22.2 Å². The molecule has 0 aliphatic heterocycles. The number of allylic oxidation sites excluding steroid dienone is 1. The number of nitriles is 1. The molecule has 0 spiro atoms. The average molecular weight is 421 g/mol. The smallest absolute Gasteiger partial charge is 0.238 e. The molecule has 0 saturated heterocycles. The lowest BCUT2D eigenvalue weighted by molar-refractivity contribution is 0.527.